The largest absolute Gasteiger partial charge is 0.381 e. The van der Waals surface area contributed by atoms with Crippen molar-refractivity contribution >= 4 is 22.6 Å². The summed E-state index contributed by atoms with van der Waals surface area (Å²) in [5.74, 6) is 0.514. The van der Waals surface area contributed by atoms with E-state index in [4.69, 9.17) is 4.52 Å². The minimum atomic E-state index is 0. The van der Waals surface area contributed by atoms with Gasteiger partial charge in [0.15, 0.2) is 5.89 Å². The molecule has 0 bridgehead atoms. The van der Waals surface area contributed by atoms with Gasteiger partial charge in [-0.3, -0.25) is 0 Å². The Morgan fingerprint density at radius 1 is 1.38 bits per heavy atom. The van der Waals surface area contributed by atoms with Crippen LogP contribution in [0.1, 0.15) is 0 Å². The van der Waals surface area contributed by atoms with Gasteiger partial charge in [-0.05, 0) is 0 Å². The summed E-state index contributed by atoms with van der Waals surface area (Å²) < 4.78 is 5.56. The second kappa shape index (κ2) is 4.83. The van der Waals surface area contributed by atoms with Crippen LogP contribution in [0.4, 0.5) is 0 Å². The van der Waals surface area contributed by atoms with Crippen molar-refractivity contribution < 1.29 is 24.6 Å². The molecular weight excluding hydrogens is 459 g/mol. The molecule has 0 aliphatic carbocycles. The number of aromatic nitrogens is 2. The number of nitrogens with zero attached hydrogens (tertiary/aromatic N) is 2. The van der Waals surface area contributed by atoms with Crippen LogP contribution in [0.2, 0.25) is 0 Å². The van der Waals surface area contributed by atoms with E-state index >= 15 is 0 Å². The van der Waals surface area contributed by atoms with E-state index in [-0.39, 0.29) is 20.1 Å². The Morgan fingerprint density at radius 3 is 2.77 bits per heavy atom. The van der Waals surface area contributed by atoms with Crippen molar-refractivity contribution in [3.8, 4) is 11.5 Å². The maximum absolute atomic E-state index is 4.95. The Bertz CT molecular complexity index is 377. The number of hydrogen-bond donors (Lipinski definition) is 0. The van der Waals surface area contributed by atoms with Crippen molar-refractivity contribution in [3.63, 3.8) is 0 Å². The molecule has 1 heterocycles. The maximum atomic E-state index is 4.95. The van der Waals surface area contributed by atoms with E-state index in [0.717, 1.165) is 5.56 Å². The van der Waals surface area contributed by atoms with Gasteiger partial charge < -0.3 is 4.52 Å². The van der Waals surface area contributed by atoms with Crippen molar-refractivity contribution in [2.24, 2.45) is 0 Å². The standard InChI is InChI=1S/C8H4IN2O.Ir/c9-8-10-7(12-11-8)6-4-2-1-3-5-6;/h1-4H;/q-1;. The first-order valence-electron chi connectivity index (χ1n) is 3.32. The molecule has 69 valence electrons. The molecule has 1 radical (unpaired) electrons. The second-order valence-corrected chi connectivity index (χ2v) is 3.11. The number of halogens is 1. The first-order chi connectivity index (χ1) is 5.86. The molecule has 0 amide bonds. The average Bonchev–Trinajstić information content (AvgIpc) is 2.54. The molecule has 2 aromatic rings. The zero-order valence-corrected chi connectivity index (χ0v) is 10.9. The normalized spacial score (nSPS) is 9.31. The maximum Gasteiger partial charge on any atom is 0.222 e. The molecule has 13 heavy (non-hydrogen) atoms. The molecule has 0 atom stereocenters. The SMILES string of the molecule is Ic1noc(-c2[c-]cccc2)n1.[Ir]. The Morgan fingerprint density at radius 2 is 2.23 bits per heavy atom. The van der Waals surface area contributed by atoms with Crippen LogP contribution >= 0.6 is 22.6 Å². The van der Waals surface area contributed by atoms with Gasteiger partial charge in [-0.1, -0.05) is 10.7 Å². The van der Waals surface area contributed by atoms with E-state index in [1.165, 1.54) is 0 Å². The molecule has 0 N–H and O–H groups in total. The monoisotopic (exact) mass is 464 g/mol. The predicted molar refractivity (Wildman–Crippen MR) is 51.3 cm³/mol. The van der Waals surface area contributed by atoms with Gasteiger partial charge in [-0.2, -0.15) is 0 Å². The molecule has 3 nitrogen and oxygen atoms in total. The van der Waals surface area contributed by atoms with Crippen molar-refractivity contribution in [2.75, 3.05) is 0 Å². The summed E-state index contributed by atoms with van der Waals surface area (Å²) in [6.07, 6.45) is 0. The number of benzene rings is 1. The fourth-order valence-electron chi connectivity index (χ4n) is 0.841. The second-order valence-electron chi connectivity index (χ2n) is 2.14. The van der Waals surface area contributed by atoms with E-state index < -0.39 is 0 Å². The van der Waals surface area contributed by atoms with Gasteiger partial charge in [0, 0.05) is 42.7 Å². The van der Waals surface area contributed by atoms with Crippen LogP contribution in [0.5, 0.6) is 0 Å². The molecule has 2 rings (SSSR count). The van der Waals surface area contributed by atoms with Crippen LogP contribution < -0.4 is 0 Å². The quantitative estimate of drug-likeness (QED) is 0.481. The van der Waals surface area contributed by atoms with Crippen LogP contribution in [-0.4, -0.2) is 10.1 Å². The van der Waals surface area contributed by atoms with Crippen molar-refractivity contribution in [3.05, 3.63) is 34.2 Å². The van der Waals surface area contributed by atoms with Crippen molar-refractivity contribution in [1.29, 1.82) is 0 Å². The van der Waals surface area contributed by atoms with Gasteiger partial charge in [0.2, 0.25) is 3.83 Å². The van der Waals surface area contributed by atoms with Gasteiger partial charge in [0.1, 0.15) is 0 Å². The Balaban J connectivity index is 0.000000845. The van der Waals surface area contributed by atoms with Crippen LogP contribution in [0.3, 0.4) is 0 Å². The zero-order chi connectivity index (χ0) is 8.39. The van der Waals surface area contributed by atoms with Gasteiger partial charge in [-0.15, -0.1) is 30.3 Å². The van der Waals surface area contributed by atoms with Gasteiger partial charge in [0.25, 0.3) is 0 Å². The van der Waals surface area contributed by atoms with Gasteiger partial charge in [-0.25, -0.2) is 4.98 Å². The number of hydrogen-bond acceptors (Lipinski definition) is 3. The first kappa shape index (κ1) is 10.8. The molecule has 1 aromatic carbocycles. The molecule has 0 saturated heterocycles. The van der Waals surface area contributed by atoms with Crippen molar-refractivity contribution in [1.82, 2.24) is 10.1 Å². The minimum absolute atomic E-state index is 0. The molecule has 0 unspecified atom stereocenters. The molecule has 0 aliphatic rings. The molecular formula is C8H4IIrN2O-. The topological polar surface area (TPSA) is 38.9 Å². The van der Waals surface area contributed by atoms with Crippen LogP contribution in [0.25, 0.3) is 11.5 Å². The van der Waals surface area contributed by atoms with Crippen LogP contribution in [-0.2, 0) is 20.1 Å². The van der Waals surface area contributed by atoms with E-state index in [1.807, 2.05) is 46.9 Å². The van der Waals surface area contributed by atoms with E-state index in [1.54, 1.807) is 0 Å². The molecule has 1 aromatic heterocycles. The minimum Gasteiger partial charge on any atom is -0.381 e. The summed E-state index contributed by atoms with van der Waals surface area (Å²) in [4.78, 5) is 4.06. The Kier molecular flexibility index (Phi) is 4.02. The van der Waals surface area contributed by atoms with Gasteiger partial charge in [0.05, 0.1) is 0 Å². The summed E-state index contributed by atoms with van der Waals surface area (Å²) in [7, 11) is 0. The average molecular weight is 463 g/mol. The van der Waals surface area contributed by atoms with Gasteiger partial charge >= 0.3 is 0 Å². The van der Waals surface area contributed by atoms with E-state index in [9.17, 15) is 0 Å². The van der Waals surface area contributed by atoms with E-state index in [0.29, 0.717) is 9.72 Å². The fourth-order valence-corrected chi connectivity index (χ4v) is 1.16. The summed E-state index contributed by atoms with van der Waals surface area (Å²) in [5.41, 5.74) is 0.827. The summed E-state index contributed by atoms with van der Waals surface area (Å²) in [5, 5.41) is 3.67. The Labute approximate surface area is 102 Å². The Hall–Kier alpha value is -0.261. The smallest absolute Gasteiger partial charge is 0.222 e. The summed E-state index contributed by atoms with van der Waals surface area (Å²) in [6.45, 7) is 0. The number of rotatable bonds is 1. The molecule has 5 heteroatoms. The van der Waals surface area contributed by atoms with Crippen LogP contribution in [0.15, 0.2) is 28.8 Å². The molecule has 0 saturated carbocycles. The predicted octanol–water partition coefficient (Wildman–Crippen LogP) is 2.14. The third-order valence-electron chi connectivity index (χ3n) is 1.34. The molecule has 0 fully saturated rings. The summed E-state index contributed by atoms with van der Waals surface area (Å²) >= 11 is 2.00. The zero-order valence-electron chi connectivity index (χ0n) is 6.32. The third kappa shape index (κ3) is 2.59. The molecule has 0 aliphatic heterocycles. The first-order valence-corrected chi connectivity index (χ1v) is 4.40. The van der Waals surface area contributed by atoms with E-state index in [2.05, 4.69) is 16.2 Å². The molecule has 0 spiro atoms. The summed E-state index contributed by atoms with van der Waals surface area (Å²) in [6, 6.07) is 10.5. The fraction of sp³-hybridized carbons (Fsp3) is 0. The van der Waals surface area contributed by atoms with Crippen LogP contribution in [0, 0.1) is 9.90 Å². The van der Waals surface area contributed by atoms with Crippen molar-refractivity contribution in [2.45, 2.75) is 0 Å². The third-order valence-corrected chi connectivity index (χ3v) is 1.78.